The minimum atomic E-state index is -3.23. The van der Waals surface area contributed by atoms with Gasteiger partial charge in [0.25, 0.3) is 16.6 Å². The van der Waals surface area contributed by atoms with E-state index in [0.717, 1.165) is 30.9 Å². The third kappa shape index (κ3) is 9.92. The summed E-state index contributed by atoms with van der Waals surface area (Å²) in [5, 5.41) is 14.3. The molecule has 4 nitrogen and oxygen atoms in total. The van der Waals surface area contributed by atoms with E-state index in [1.54, 1.807) is 11.3 Å². The average molecular weight is 909 g/mol. The van der Waals surface area contributed by atoms with E-state index in [1.165, 1.54) is 10.4 Å². The van der Waals surface area contributed by atoms with Crippen molar-refractivity contribution in [3.8, 4) is 0 Å². The second-order valence-corrected chi connectivity index (χ2v) is 29.2. The van der Waals surface area contributed by atoms with Crippen molar-refractivity contribution < 1.29 is 23.1 Å². The maximum Gasteiger partial charge on any atom is 0.303 e. The lowest BCUT2D eigenvalue weighted by atomic mass is 9.85. The van der Waals surface area contributed by atoms with Crippen molar-refractivity contribution in [2.75, 3.05) is 0 Å². The van der Waals surface area contributed by atoms with Gasteiger partial charge in [0.05, 0.1) is 6.10 Å². The van der Waals surface area contributed by atoms with E-state index in [-0.39, 0.29) is 40.9 Å². The number of carboxylic acids is 1. The van der Waals surface area contributed by atoms with Crippen LogP contribution in [-0.2, 0) is 13.6 Å². The van der Waals surface area contributed by atoms with Crippen molar-refractivity contribution in [2.45, 2.75) is 109 Å². The summed E-state index contributed by atoms with van der Waals surface area (Å²) < 4.78 is 35.7. The van der Waals surface area contributed by atoms with Crippen LogP contribution >= 0.6 is 11.3 Å². The summed E-state index contributed by atoms with van der Waals surface area (Å²) in [6, 6.07) is 52.9. The van der Waals surface area contributed by atoms with Crippen molar-refractivity contribution in [1.29, 1.82) is 0 Å². The molecule has 64 heavy (non-hydrogen) atoms. The molecule has 1 fully saturated rings. The van der Waals surface area contributed by atoms with Gasteiger partial charge in [0.15, 0.2) is 0 Å². The minimum absolute atomic E-state index is 0.0480. The number of unbranched alkanes of at least 4 members (excludes halogenated alkanes) is 1. The Bertz CT molecular complexity index is 2360. The van der Waals surface area contributed by atoms with Crippen molar-refractivity contribution in [1.82, 2.24) is 0 Å². The molecule has 0 aliphatic heterocycles. The van der Waals surface area contributed by atoms with Crippen molar-refractivity contribution in [2.24, 2.45) is 11.8 Å². The highest BCUT2D eigenvalue weighted by atomic mass is 32.1. The molecule has 1 N–H and O–H groups in total. The number of thiophene rings is 1. The van der Waals surface area contributed by atoms with E-state index < -0.39 is 34.9 Å². The van der Waals surface area contributed by atoms with Crippen LogP contribution < -0.4 is 20.7 Å². The van der Waals surface area contributed by atoms with Gasteiger partial charge in [-0.25, -0.2) is 4.39 Å². The number of halogens is 1. The molecule has 5 aromatic carbocycles. The van der Waals surface area contributed by atoms with Gasteiger partial charge in [-0.3, -0.25) is 4.79 Å². The molecule has 5 atom stereocenters. The molecule has 1 heterocycles. The third-order valence-electron chi connectivity index (χ3n) is 13.3. The van der Waals surface area contributed by atoms with Gasteiger partial charge in [-0.15, -0.1) is 11.3 Å². The zero-order valence-corrected chi connectivity index (χ0v) is 41.2. The normalized spacial score (nSPS) is 18.4. The van der Waals surface area contributed by atoms with Crippen molar-refractivity contribution in [3.63, 3.8) is 0 Å². The zero-order valence-electron chi connectivity index (χ0n) is 38.4. The van der Waals surface area contributed by atoms with Gasteiger partial charge in [0.2, 0.25) is 0 Å². The van der Waals surface area contributed by atoms with Crippen LogP contribution in [0.5, 0.6) is 0 Å². The predicted octanol–water partition coefficient (Wildman–Crippen LogP) is 12.6. The number of carboxylic acid groups (broad SMARTS) is 1. The smallest absolute Gasteiger partial charge is 0.303 e. The largest absolute Gasteiger partial charge is 0.481 e. The fourth-order valence-electron chi connectivity index (χ4n) is 10.3. The van der Waals surface area contributed by atoms with Crippen LogP contribution in [0.1, 0.15) is 91.0 Å². The molecule has 0 spiro atoms. The monoisotopic (exact) mass is 908 g/mol. The van der Waals surface area contributed by atoms with E-state index in [1.807, 2.05) is 24.3 Å². The van der Waals surface area contributed by atoms with Crippen LogP contribution in [0.15, 0.2) is 176 Å². The molecular formula is C56H65FO4SSi2. The van der Waals surface area contributed by atoms with E-state index in [4.69, 9.17) is 15.4 Å². The van der Waals surface area contributed by atoms with Gasteiger partial charge < -0.3 is 14.0 Å². The predicted molar refractivity (Wildman–Crippen MR) is 271 cm³/mol. The molecular weight excluding hydrogens is 844 g/mol. The summed E-state index contributed by atoms with van der Waals surface area (Å²) in [7, 11) is -6.28. The first-order valence-electron chi connectivity index (χ1n) is 22.9. The number of alkyl halides is 1. The van der Waals surface area contributed by atoms with Crippen molar-refractivity contribution in [3.05, 3.63) is 181 Å². The van der Waals surface area contributed by atoms with Crippen LogP contribution in [0.4, 0.5) is 4.39 Å². The summed E-state index contributed by atoms with van der Waals surface area (Å²) in [4.78, 5) is 12.2. The van der Waals surface area contributed by atoms with Gasteiger partial charge in [0, 0.05) is 16.0 Å². The maximum atomic E-state index is 18.8. The first-order valence-corrected chi connectivity index (χ1v) is 27.5. The second-order valence-electron chi connectivity index (χ2n) is 19.6. The number of allylic oxidation sites excluding steroid dienone is 2. The van der Waals surface area contributed by atoms with E-state index >= 15 is 4.39 Å². The lowest BCUT2D eigenvalue weighted by Crippen LogP contribution is -2.68. The number of hydrogen-bond donors (Lipinski definition) is 1. The topological polar surface area (TPSA) is 55.8 Å². The summed E-state index contributed by atoms with van der Waals surface area (Å²) in [6.07, 6.45) is 4.58. The van der Waals surface area contributed by atoms with Crippen LogP contribution in [0.2, 0.25) is 10.1 Å². The van der Waals surface area contributed by atoms with Gasteiger partial charge in [-0.05, 0) is 92.3 Å². The molecule has 8 heteroatoms. The Morgan fingerprint density at radius 2 is 1.23 bits per heavy atom. The van der Waals surface area contributed by atoms with Crippen LogP contribution in [0, 0.1) is 11.8 Å². The summed E-state index contributed by atoms with van der Waals surface area (Å²) >= 11 is 1.63. The highest BCUT2D eigenvalue weighted by Gasteiger charge is 2.56. The summed E-state index contributed by atoms with van der Waals surface area (Å²) in [5.41, 5.74) is 1.07. The van der Waals surface area contributed by atoms with E-state index in [0.29, 0.717) is 25.7 Å². The Balaban J connectivity index is 1.36. The van der Waals surface area contributed by atoms with E-state index in [2.05, 4.69) is 181 Å². The summed E-state index contributed by atoms with van der Waals surface area (Å²) in [5.74, 6) is -1.05. The Kier molecular flexibility index (Phi) is 14.9. The Hall–Kier alpha value is -4.71. The molecule has 1 saturated carbocycles. The fraction of sp³-hybridized carbons (Fsp3) is 0.339. The average Bonchev–Trinajstić information content (AvgIpc) is 3.84. The molecule has 0 amide bonds. The molecule has 7 rings (SSSR count). The van der Waals surface area contributed by atoms with Crippen molar-refractivity contribution >= 4 is 64.8 Å². The van der Waals surface area contributed by atoms with Crippen LogP contribution in [0.25, 0.3) is 10.1 Å². The number of fused-ring (bicyclic) bond motifs is 1. The molecule has 2 unspecified atom stereocenters. The number of hydrogen-bond acceptors (Lipinski definition) is 4. The second kappa shape index (κ2) is 20.2. The van der Waals surface area contributed by atoms with Crippen LogP contribution in [0.3, 0.4) is 0 Å². The SMILES string of the molecule is C=C1C[C@@H](O[Si](c2ccccc2)(c2ccccc2)C(C)(C)C)[C@H](CC(F)C(O[Si](c2ccccc2)(c2ccccc2)C(C)(C)C)c2cc3ccccc3s2)[C@H]1CC=CCCCC(=O)O. The fourth-order valence-corrected chi connectivity index (χ4v) is 20.9. The lowest BCUT2D eigenvalue weighted by molar-refractivity contribution is -0.137. The Morgan fingerprint density at radius 3 is 1.72 bits per heavy atom. The van der Waals surface area contributed by atoms with E-state index in [9.17, 15) is 9.90 Å². The molecule has 1 aliphatic rings. The quantitative estimate of drug-likeness (QED) is 0.0530. The molecule has 0 radical (unpaired) electrons. The Morgan fingerprint density at radius 1 is 0.750 bits per heavy atom. The van der Waals surface area contributed by atoms with Gasteiger partial charge >= 0.3 is 5.97 Å². The number of carbonyl (C=O) groups is 1. The number of aliphatic carboxylic acids is 1. The van der Waals surface area contributed by atoms with Gasteiger partial charge in [-0.1, -0.05) is 205 Å². The maximum absolute atomic E-state index is 18.8. The molecule has 1 aromatic heterocycles. The molecule has 0 bridgehead atoms. The highest BCUT2D eigenvalue weighted by Crippen LogP contribution is 2.50. The first kappa shape index (κ1) is 47.3. The standard InChI is InChI=1S/C56H65FO4SSi2/c1-41-38-50(60-63(55(2,3)4,43-27-14-10-15-28-43)44-29-16-11-17-30-44)48(47(41)35-22-8-9-23-37-53(58)59)40-49(57)54(52-39-42-26-24-25-36-51(42)62-52)61-64(56(5,6)7,45-31-18-12-19-32-45)46-33-20-13-21-34-46/h8,10-22,24-34,36,39,47-50,54H,1,9,23,35,37-38,40H2,2-7H3,(H,58,59)/t47-,48+,49?,50+,54?/m0/s1. The third-order valence-corrected chi connectivity index (χ3v) is 24.6. The number of benzene rings is 5. The highest BCUT2D eigenvalue weighted by molar-refractivity contribution is 7.19. The molecule has 1 aliphatic carbocycles. The first-order chi connectivity index (χ1) is 30.7. The molecule has 0 saturated heterocycles. The minimum Gasteiger partial charge on any atom is -0.481 e. The van der Waals surface area contributed by atoms with Gasteiger partial charge in [-0.2, -0.15) is 0 Å². The van der Waals surface area contributed by atoms with Crippen LogP contribution in [-0.4, -0.2) is 40.0 Å². The number of rotatable bonds is 18. The lowest BCUT2D eigenvalue weighted by Gasteiger charge is -2.47. The molecule has 6 aromatic rings. The molecule has 334 valence electrons. The zero-order chi connectivity index (χ0) is 45.5. The van der Waals surface area contributed by atoms with Gasteiger partial charge in [0.1, 0.15) is 12.3 Å². The Labute approximate surface area is 387 Å². The summed E-state index contributed by atoms with van der Waals surface area (Å²) in [6.45, 7) is 18.3.